The molecule has 1 aromatic carbocycles. The molecule has 0 saturated heterocycles. The van der Waals surface area contributed by atoms with Crippen LogP contribution in [0.5, 0.6) is 5.75 Å². The molecule has 162 valence electrons. The molecule has 0 spiro atoms. The molecule has 0 amide bonds. The van der Waals surface area contributed by atoms with Crippen molar-refractivity contribution >= 4 is 27.4 Å². The van der Waals surface area contributed by atoms with Gasteiger partial charge in [0.15, 0.2) is 11.4 Å². The monoisotopic (exact) mass is 489 g/mol. The van der Waals surface area contributed by atoms with E-state index in [0.29, 0.717) is 30.2 Å². The number of nitrogens with zero attached hydrogens (tertiary/aromatic N) is 3. The van der Waals surface area contributed by atoms with Gasteiger partial charge in [-0.1, -0.05) is 18.2 Å². The molecule has 2 aliphatic rings. The highest BCUT2D eigenvalue weighted by Gasteiger charge is 2.33. The average Bonchev–Trinajstić information content (AvgIpc) is 3.56. The molecule has 3 heterocycles. The number of ketones is 1. The van der Waals surface area contributed by atoms with Crippen LogP contribution in [0.2, 0.25) is 0 Å². The second kappa shape index (κ2) is 8.30. The lowest BCUT2D eigenvalue weighted by molar-refractivity contribution is 0.0976. The Morgan fingerprint density at radius 3 is 2.84 bits per heavy atom. The summed E-state index contributed by atoms with van der Waals surface area (Å²) in [5.41, 5.74) is 2.45. The zero-order chi connectivity index (χ0) is 21.5. The van der Waals surface area contributed by atoms with E-state index in [2.05, 4.69) is 32.1 Å². The Labute approximate surface area is 186 Å². The average molecular weight is 490 g/mol. The molecule has 5 rings (SSSR count). The summed E-state index contributed by atoms with van der Waals surface area (Å²) in [4.78, 5) is 17.4. The summed E-state index contributed by atoms with van der Waals surface area (Å²) in [6, 6.07) is 8.08. The lowest BCUT2D eigenvalue weighted by Crippen LogP contribution is -2.15. The van der Waals surface area contributed by atoms with Gasteiger partial charge in [-0.3, -0.25) is 4.79 Å². The van der Waals surface area contributed by atoms with E-state index in [-0.39, 0.29) is 21.9 Å². The second-order valence-corrected chi connectivity index (χ2v) is 9.05. The Bertz CT molecular complexity index is 1140. The fraction of sp³-hybridized carbons (Fsp3) is 0.435. The number of alkyl halides is 2. The number of para-hydroxylation sites is 1. The van der Waals surface area contributed by atoms with Crippen molar-refractivity contribution in [2.75, 3.05) is 6.61 Å². The fourth-order valence-corrected chi connectivity index (χ4v) is 4.98. The van der Waals surface area contributed by atoms with Crippen LogP contribution in [0.3, 0.4) is 0 Å². The van der Waals surface area contributed by atoms with E-state index in [1.54, 1.807) is 0 Å². The number of carbonyl (C=O) groups excluding carboxylic acids is 1. The minimum atomic E-state index is -2.70. The summed E-state index contributed by atoms with van der Waals surface area (Å²) in [6.07, 6.45) is 3.70. The predicted molar refractivity (Wildman–Crippen MR) is 115 cm³/mol. The first-order valence-corrected chi connectivity index (χ1v) is 11.4. The highest BCUT2D eigenvalue weighted by molar-refractivity contribution is 9.10. The number of ether oxygens (including phenoxy) is 1. The number of halogens is 3. The third-order valence-corrected chi connectivity index (χ3v) is 6.92. The molecule has 8 heteroatoms. The maximum atomic E-state index is 13.3. The van der Waals surface area contributed by atoms with Crippen molar-refractivity contribution in [3.05, 3.63) is 57.4 Å². The van der Waals surface area contributed by atoms with Gasteiger partial charge in [0, 0.05) is 18.5 Å². The van der Waals surface area contributed by atoms with Gasteiger partial charge in [-0.15, -0.1) is 0 Å². The summed E-state index contributed by atoms with van der Waals surface area (Å²) in [7, 11) is 0. The molecule has 2 aromatic heterocycles. The van der Waals surface area contributed by atoms with Crippen molar-refractivity contribution in [1.29, 1.82) is 0 Å². The van der Waals surface area contributed by atoms with Crippen molar-refractivity contribution in [2.24, 2.45) is 0 Å². The minimum Gasteiger partial charge on any atom is -0.493 e. The highest BCUT2D eigenvalue weighted by atomic mass is 79.9. The lowest BCUT2D eigenvalue weighted by atomic mass is 9.88. The van der Waals surface area contributed by atoms with Gasteiger partial charge >= 0.3 is 0 Å². The van der Waals surface area contributed by atoms with Gasteiger partial charge in [0.25, 0.3) is 6.43 Å². The quantitative estimate of drug-likeness (QED) is 0.369. The zero-order valence-corrected chi connectivity index (χ0v) is 18.4. The zero-order valence-electron chi connectivity index (χ0n) is 16.9. The van der Waals surface area contributed by atoms with Crippen molar-refractivity contribution in [3.63, 3.8) is 0 Å². The number of aromatic nitrogens is 3. The third-order valence-electron chi connectivity index (χ3n) is 6.16. The highest BCUT2D eigenvalue weighted by Crippen LogP contribution is 2.43. The standard InChI is InChI=1S/C23H22BrF2N3O2/c24-19-20(22(25)26)28-29-21(14-8-9-14)16(12-27-23(19)29)17(30)6-3-4-13-10-11-31-18-7-2-1-5-15(13)18/h1-2,5,7,12-14,22H,3-4,6,8-11H2. The Morgan fingerprint density at radius 1 is 1.26 bits per heavy atom. The Hall–Kier alpha value is -2.35. The van der Waals surface area contributed by atoms with Gasteiger partial charge in [-0.05, 0) is 65.6 Å². The van der Waals surface area contributed by atoms with E-state index in [1.807, 2.05) is 18.2 Å². The number of Topliss-reactive ketones (excluding diaryl/α,β-unsaturated/α-hetero) is 1. The van der Waals surface area contributed by atoms with Crippen LogP contribution >= 0.6 is 15.9 Å². The molecule has 31 heavy (non-hydrogen) atoms. The molecule has 0 bridgehead atoms. The first-order valence-electron chi connectivity index (χ1n) is 10.6. The summed E-state index contributed by atoms with van der Waals surface area (Å²) < 4.78 is 34.0. The Balaban J connectivity index is 1.35. The van der Waals surface area contributed by atoms with Gasteiger partial charge in [-0.25, -0.2) is 18.3 Å². The van der Waals surface area contributed by atoms with E-state index in [4.69, 9.17) is 4.74 Å². The Kier molecular flexibility index (Phi) is 5.50. The van der Waals surface area contributed by atoms with E-state index in [1.165, 1.54) is 16.3 Å². The van der Waals surface area contributed by atoms with Crippen molar-refractivity contribution in [1.82, 2.24) is 14.6 Å². The van der Waals surface area contributed by atoms with Gasteiger partial charge in [0.1, 0.15) is 11.4 Å². The molecule has 1 atom stereocenters. The maximum absolute atomic E-state index is 13.3. The number of fused-ring (bicyclic) bond motifs is 2. The van der Waals surface area contributed by atoms with Crippen LogP contribution in [0.25, 0.3) is 5.65 Å². The van der Waals surface area contributed by atoms with Crippen LogP contribution in [-0.2, 0) is 0 Å². The molecular formula is C23H22BrF2N3O2. The van der Waals surface area contributed by atoms with Crippen LogP contribution in [0, 0.1) is 0 Å². The lowest BCUT2D eigenvalue weighted by Gasteiger charge is -2.25. The van der Waals surface area contributed by atoms with Crippen molar-refractivity contribution < 1.29 is 18.3 Å². The third kappa shape index (κ3) is 3.86. The maximum Gasteiger partial charge on any atom is 0.283 e. The van der Waals surface area contributed by atoms with E-state index < -0.39 is 6.43 Å². The van der Waals surface area contributed by atoms with Crippen LogP contribution < -0.4 is 4.74 Å². The first-order chi connectivity index (χ1) is 15.0. The first kappa shape index (κ1) is 20.5. The predicted octanol–water partition coefficient (Wildman–Crippen LogP) is 6.23. The molecule has 1 unspecified atom stereocenters. The molecule has 1 aliphatic carbocycles. The molecule has 5 nitrogen and oxygen atoms in total. The summed E-state index contributed by atoms with van der Waals surface area (Å²) in [5, 5.41) is 4.09. The van der Waals surface area contributed by atoms with Crippen LogP contribution in [-0.4, -0.2) is 27.0 Å². The summed E-state index contributed by atoms with van der Waals surface area (Å²) >= 11 is 3.20. The van der Waals surface area contributed by atoms with Gasteiger partial charge in [0.05, 0.1) is 22.3 Å². The largest absolute Gasteiger partial charge is 0.493 e. The van der Waals surface area contributed by atoms with Gasteiger partial charge in [-0.2, -0.15) is 5.10 Å². The van der Waals surface area contributed by atoms with Gasteiger partial charge < -0.3 is 4.74 Å². The smallest absolute Gasteiger partial charge is 0.283 e. The number of carbonyl (C=O) groups is 1. The summed E-state index contributed by atoms with van der Waals surface area (Å²) in [6.45, 7) is 0.697. The summed E-state index contributed by atoms with van der Waals surface area (Å²) in [5.74, 6) is 1.50. The van der Waals surface area contributed by atoms with E-state index in [0.717, 1.165) is 43.5 Å². The minimum absolute atomic E-state index is 0.00173. The number of benzene rings is 1. The van der Waals surface area contributed by atoms with Crippen LogP contribution in [0.15, 0.2) is 34.9 Å². The molecular weight excluding hydrogens is 468 g/mol. The van der Waals surface area contributed by atoms with Gasteiger partial charge in [0.2, 0.25) is 0 Å². The SMILES string of the molecule is O=C(CCCC1CCOc2ccccc21)c1cnc2c(Br)c(C(F)F)nn2c1C1CC1. The topological polar surface area (TPSA) is 56.5 Å². The fourth-order valence-electron chi connectivity index (χ4n) is 4.46. The Morgan fingerprint density at radius 2 is 2.06 bits per heavy atom. The molecule has 1 aliphatic heterocycles. The van der Waals surface area contributed by atoms with E-state index >= 15 is 0 Å². The van der Waals surface area contributed by atoms with Crippen LogP contribution in [0.4, 0.5) is 8.78 Å². The van der Waals surface area contributed by atoms with E-state index in [9.17, 15) is 13.6 Å². The molecule has 1 saturated carbocycles. The number of rotatable bonds is 7. The van der Waals surface area contributed by atoms with Crippen molar-refractivity contribution in [3.8, 4) is 5.75 Å². The second-order valence-electron chi connectivity index (χ2n) is 8.25. The molecule has 3 aromatic rings. The molecule has 0 N–H and O–H groups in total. The normalized spacial score (nSPS) is 18.3. The van der Waals surface area contributed by atoms with Crippen molar-refractivity contribution in [2.45, 2.75) is 56.8 Å². The van der Waals surface area contributed by atoms with Crippen LogP contribution in [0.1, 0.15) is 84.1 Å². The molecule has 0 radical (unpaired) electrons. The molecule has 1 fully saturated rings. The number of hydrogen-bond acceptors (Lipinski definition) is 4. The number of hydrogen-bond donors (Lipinski definition) is 0.